The van der Waals surface area contributed by atoms with Gasteiger partial charge < -0.3 is 41.3 Å². The molecule has 0 radical (unpaired) electrons. The van der Waals surface area contributed by atoms with Gasteiger partial charge in [-0.1, -0.05) is 77.0 Å². The first-order valence-electron chi connectivity index (χ1n) is 14.8. The number of nitrogens with one attached hydrogen (secondary N) is 2. The summed E-state index contributed by atoms with van der Waals surface area (Å²) in [5.41, 5.74) is 14.5. The van der Waals surface area contributed by atoms with Crippen LogP contribution in [0.1, 0.15) is 89.9 Å². The molecule has 2 aliphatic heterocycles. The van der Waals surface area contributed by atoms with E-state index in [4.69, 9.17) is 21.7 Å². The number of hydrogen-bond donors (Lipinski definition) is 2. The number of β-amino-alcohol motifs (C(OH)–C–C–N with tert-alkyl or cyclic N) is 2. The fraction of sp³-hybridized carbons (Fsp3) is 0.786. The number of hydrogen-bond acceptors (Lipinski definition) is 6. The molecule has 0 unspecified atom stereocenters. The van der Waals surface area contributed by atoms with Crippen LogP contribution in [0.4, 0.5) is 0 Å². The summed E-state index contributed by atoms with van der Waals surface area (Å²) in [5.74, 6) is 0. The van der Waals surface area contributed by atoms with Crippen molar-refractivity contribution in [3.63, 3.8) is 0 Å². The molecule has 14 heteroatoms. The monoisotopic (exact) mass is 1400 g/mol. The van der Waals surface area contributed by atoms with Crippen LogP contribution >= 0.6 is 77.4 Å². The third-order valence-corrected chi connectivity index (χ3v) is 7.00. The third-order valence-electron chi connectivity index (χ3n) is 7.00. The quantitative estimate of drug-likeness (QED) is 0.122. The maximum absolute atomic E-state index is 8.88. The van der Waals surface area contributed by atoms with Crippen LogP contribution in [-0.2, 0) is 22.4 Å². The predicted octanol–water partition coefficient (Wildman–Crippen LogP) is 9.23. The number of unbranched alkanes of at least 4 members (excludes halogenated alkanes) is 3. The molecule has 0 saturated heterocycles. The zero-order chi connectivity index (χ0) is 31.3. The average molecular weight is 1400 g/mol. The summed E-state index contributed by atoms with van der Waals surface area (Å²) in [6.07, 6.45) is 25.5. The number of aliphatic hydroxyl groups excluding tert-OH is 2. The first-order valence-corrected chi connectivity index (χ1v) is 40.6. The van der Waals surface area contributed by atoms with E-state index in [2.05, 4.69) is 113 Å². The maximum atomic E-state index is 8.88. The van der Waals surface area contributed by atoms with E-state index in [9.17, 15) is 0 Å². The van der Waals surface area contributed by atoms with E-state index >= 15 is 0 Å². The minimum atomic E-state index is 0.187. The molecule has 4 aliphatic rings. The van der Waals surface area contributed by atoms with E-state index < -0.39 is 0 Å². The third kappa shape index (κ3) is 27.9. The number of halogens is 4. The second-order valence-electron chi connectivity index (χ2n) is 10.4. The Balaban J connectivity index is 0.000000678. The minimum Gasteiger partial charge on any atom is -0.675 e. The van der Waals surface area contributed by atoms with Crippen LogP contribution < -0.4 is 0 Å². The fourth-order valence-corrected chi connectivity index (χ4v) is 4.79. The summed E-state index contributed by atoms with van der Waals surface area (Å²) in [7, 11) is 0. The molecule has 4 rings (SSSR count). The summed E-state index contributed by atoms with van der Waals surface area (Å²) in [6.45, 7) is 7.89. The van der Waals surface area contributed by atoms with Gasteiger partial charge in [-0.3, -0.25) is 0 Å². The summed E-state index contributed by atoms with van der Waals surface area (Å²) in [4.78, 5) is 8.38. The first kappa shape index (κ1) is 44.8. The van der Waals surface area contributed by atoms with Crippen LogP contribution in [0.5, 0.6) is 0 Å². The molecule has 0 spiro atoms. The van der Waals surface area contributed by atoms with Crippen LogP contribution in [0, 0.1) is 13.3 Å². The predicted molar refractivity (Wildman–Crippen MR) is 205 cm³/mol. The van der Waals surface area contributed by atoms with Crippen molar-refractivity contribution in [1.82, 2.24) is 19.6 Å². The molecule has 2 saturated carbocycles. The van der Waals surface area contributed by atoms with Gasteiger partial charge in [-0.05, 0) is 50.7 Å². The Kier molecular flexibility index (Phi) is 36.0. The topological polar surface area (TPSA) is 101 Å². The van der Waals surface area contributed by atoms with Crippen molar-refractivity contribution in [2.45, 2.75) is 102 Å². The van der Waals surface area contributed by atoms with Crippen LogP contribution in [0.3, 0.4) is 0 Å². The summed E-state index contributed by atoms with van der Waals surface area (Å²) in [6, 6.07) is 0.572. The molecule has 0 aromatic carbocycles. The van der Waals surface area contributed by atoms with E-state index in [0.717, 1.165) is 38.8 Å². The van der Waals surface area contributed by atoms with Gasteiger partial charge in [0.15, 0.2) is 0 Å². The molecule has 0 atom stereocenters. The Morgan fingerprint density at radius 3 is 1.07 bits per heavy atom. The second kappa shape index (κ2) is 33.7. The van der Waals surface area contributed by atoms with Crippen LogP contribution in [0.15, 0.2) is 24.8 Å². The molecular weight excluding hydrogens is 1350 g/mol. The van der Waals surface area contributed by atoms with Crippen molar-refractivity contribution in [2.24, 2.45) is 0 Å². The Morgan fingerprint density at radius 1 is 0.548 bits per heavy atom. The van der Waals surface area contributed by atoms with Crippen LogP contribution in [0.25, 0.3) is 11.5 Å². The Hall–Kier alpha value is 2.82. The van der Waals surface area contributed by atoms with Crippen molar-refractivity contribution in [1.29, 1.82) is 0 Å². The van der Waals surface area contributed by atoms with Gasteiger partial charge in [-0.2, -0.15) is 13.3 Å². The normalized spacial score (nSPS) is 18.6. The van der Waals surface area contributed by atoms with Crippen molar-refractivity contribution in [3.05, 3.63) is 49.6 Å². The summed E-state index contributed by atoms with van der Waals surface area (Å²) in [5, 5.41) is 17.8. The van der Waals surface area contributed by atoms with Gasteiger partial charge in [0, 0.05) is 13.1 Å². The largest absolute Gasteiger partial charge is 0.675 e. The standard InChI is InChI=1S/C16H28N4O2.2C6H12N.4HI.2Pt/c21-13-11-19-9-7-17(15-19)5-3-1-2-4-6-18-8-10-20(16-18)12-14-22;2*7-6-4-2-1-3-5-6;;;;;;/h7-10,15-16,21-22H,1-6,11-14H2;2*6-7H,1-5H2;4*1H;;/q-2;2*-1;;;;;2*+4/p-4. The van der Waals surface area contributed by atoms with Crippen molar-refractivity contribution >= 4 is 77.4 Å². The van der Waals surface area contributed by atoms with Gasteiger partial charge in [0.2, 0.25) is 0 Å². The first-order chi connectivity index (χ1) is 20.4. The smallest absolute Gasteiger partial charge is 0.0534 e. The molecule has 2 aliphatic carbocycles. The van der Waals surface area contributed by atoms with Crippen molar-refractivity contribution in [2.75, 3.05) is 39.4 Å². The molecule has 254 valence electrons. The van der Waals surface area contributed by atoms with Gasteiger partial charge in [0.25, 0.3) is 0 Å². The van der Waals surface area contributed by atoms with Crippen molar-refractivity contribution < 1.29 is 32.6 Å². The molecular formula is C28H52I4N6O2Pt2. The van der Waals surface area contributed by atoms with E-state index in [1.54, 1.807) is 0 Å². The molecule has 2 heterocycles. The molecule has 42 heavy (non-hydrogen) atoms. The average Bonchev–Trinajstić information content (AvgIpc) is 3.63. The molecule has 8 nitrogen and oxygen atoms in total. The molecule has 0 aromatic rings. The SMILES string of the molecule is OCCN1C=CN(CCCCCCN2C=CN(CCO)[CH-]2)[CH-]1.[I][Pt+2][I].[I][Pt+2][I].[NH-]C1CCCCC1.[NH-]C1CCCCC1. The second-order valence-corrected chi connectivity index (χ2v) is 43.6. The van der Waals surface area contributed by atoms with Gasteiger partial charge in [-0.15, -0.1) is 12.1 Å². The number of nitrogens with zero attached hydrogens (tertiary/aromatic N) is 4. The molecule has 2 fully saturated rings. The van der Waals surface area contributed by atoms with Crippen LogP contribution in [0.2, 0.25) is 0 Å². The van der Waals surface area contributed by atoms with Crippen LogP contribution in [-0.4, -0.2) is 81.3 Å². The zero-order valence-corrected chi connectivity index (χ0v) is 37.8. The molecule has 0 amide bonds. The minimum absolute atomic E-state index is 0.187. The van der Waals surface area contributed by atoms with Gasteiger partial charge >= 0.3 is 99.8 Å². The summed E-state index contributed by atoms with van der Waals surface area (Å²) >= 11 is 10.6. The Bertz CT molecular complexity index is 585. The fourth-order valence-electron chi connectivity index (χ4n) is 4.79. The molecule has 0 aromatic heterocycles. The summed E-state index contributed by atoms with van der Waals surface area (Å²) < 4.78 is 0. The Labute approximate surface area is 316 Å². The van der Waals surface area contributed by atoms with Crippen molar-refractivity contribution in [3.8, 4) is 0 Å². The zero-order valence-electron chi connectivity index (χ0n) is 24.6. The molecule has 0 bridgehead atoms. The van der Waals surface area contributed by atoms with E-state index in [0.29, 0.717) is 35.5 Å². The van der Waals surface area contributed by atoms with E-state index in [-0.39, 0.29) is 25.3 Å². The number of rotatable bonds is 11. The van der Waals surface area contributed by atoms with E-state index in [1.165, 1.54) is 64.2 Å². The molecule has 4 N–H and O–H groups in total. The Morgan fingerprint density at radius 2 is 0.833 bits per heavy atom. The van der Waals surface area contributed by atoms with Gasteiger partial charge in [-0.25, -0.2) is 0 Å². The maximum Gasteiger partial charge on any atom is -0.0534 e. The van der Waals surface area contributed by atoms with Gasteiger partial charge in [0.1, 0.15) is 0 Å². The number of aliphatic hydroxyl groups is 2. The van der Waals surface area contributed by atoms with E-state index in [1.807, 2.05) is 22.2 Å². The van der Waals surface area contributed by atoms with Gasteiger partial charge in [0.05, 0.1) is 13.2 Å².